The minimum atomic E-state index is -4.48. The van der Waals surface area contributed by atoms with Crippen LogP contribution >= 0.6 is 0 Å². The lowest BCUT2D eigenvalue weighted by molar-refractivity contribution is -0.120. The molecule has 0 aliphatic heterocycles. The van der Waals surface area contributed by atoms with E-state index < -0.39 is 38.9 Å². The summed E-state index contributed by atoms with van der Waals surface area (Å²) in [5.74, 6) is -0.696. The highest BCUT2D eigenvalue weighted by Crippen LogP contribution is 2.21. The number of esters is 1. The highest BCUT2D eigenvalue weighted by Gasteiger charge is 2.30. The molecule has 0 fully saturated rings. The highest BCUT2D eigenvalue weighted by molar-refractivity contribution is 7.90. The number of methoxy groups -OCH3 is 2. The van der Waals surface area contributed by atoms with Crippen molar-refractivity contribution in [3.8, 4) is 5.75 Å². The van der Waals surface area contributed by atoms with Gasteiger partial charge in [-0.15, -0.1) is 0 Å². The summed E-state index contributed by atoms with van der Waals surface area (Å²) in [5, 5.41) is 2.50. The number of hydrogen-bond donors (Lipinski definition) is 2. The van der Waals surface area contributed by atoms with Crippen molar-refractivity contribution in [2.45, 2.75) is 24.3 Å². The monoisotopic (exact) mass is 539 g/mol. The Kier molecular flexibility index (Phi) is 9.44. The number of nitrogens with one attached hydrogen (secondary N) is 2. The Morgan fingerprint density at radius 1 is 0.895 bits per heavy atom. The van der Waals surface area contributed by atoms with E-state index in [0.29, 0.717) is 18.0 Å². The molecule has 0 radical (unpaired) electrons. The van der Waals surface area contributed by atoms with Gasteiger partial charge in [0.05, 0.1) is 19.8 Å². The number of nitrogens with zero attached hydrogens (tertiary/aromatic N) is 1. The van der Waals surface area contributed by atoms with Crippen LogP contribution in [-0.4, -0.2) is 53.1 Å². The zero-order valence-corrected chi connectivity index (χ0v) is 22.0. The molecule has 200 valence electrons. The summed E-state index contributed by atoms with van der Waals surface area (Å²) in [7, 11) is -1.82. The third kappa shape index (κ3) is 6.88. The molecule has 0 aliphatic carbocycles. The fraction of sp³-hybridized carbons (Fsp3) is 0.222. The second-order valence-electron chi connectivity index (χ2n) is 8.09. The van der Waals surface area contributed by atoms with Gasteiger partial charge in [-0.1, -0.05) is 42.5 Å². The maximum Gasteiger partial charge on any atom is 0.339 e. The molecule has 0 spiro atoms. The van der Waals surface area contributed by atoms with E-state index in [1.165, 1.54) is 36.3 Å². The molecule has 0 saturated carbocycles. The van der Waals surface area contributed by atoms with E-state index in [1.54, 1.807) is 55.5 Å². The predicted octanol–water partition coefficient (Wildman–Crippen LogP) is 3.13. The van der Waals surface area contributed by atoms with Crippen LogP contribution in [0.15, 0.2) is 83.8 Å². The number of sulfonamides is 1. The summed E-state index contributed by atoms with van der Waals surface area (Å²) < 4.78 is 37.7. The first-order valence-corrected chi connectivity index (χ1v) is 13.2. The molecule has 0 heterocycles. The van der Waals surface area contributed by atoms with E-state index in [4.69, 9.17) is 4.74 Å². The second kappa shape index (κ2) is 12.7. The minimum absolute atomic E-state index is 0.110. The van der Waals surface area contributed by atoms with Gasteiger partial charge in [-0.3, -0.25) is 4.79 Å². The zero-order chi connectivity index (χ0) is 27.7. The van der Waals surface area contributed by atoms with Crippen molar-refractivity contribution in [3.63, 3.8) is 0 Å². The first kappa shape index (κ1) is 28.2. The average molecular weight is 540 g/mol. The van der Waals surface area contributed by atoms with Crippen LogP contribution in [-0.2, 0) is 26.0 Å². The van der Waals surface area contributed by atoms with Gasteiger partial charge in [0.15, 0.2) is 0 Å². The Bertz CT molecular complexity index is 1380. The van der Waals surface area contributed by atoms with Crippen LogP contribution in [0.25, 0.3) is 0 Å². The maximum absolute atomic E-state index is 13.6. The van der Waals surface area contributed by atoms with Gasteiger partial charge in [-0.2, -0.15) is 0 Å². The maximum atomic E-state index is 13.6. The number of likely N-dealkylation sites (N-methyl/N-ethyl adjacent to an activating group) is 1. The quantitative estimate of drug-likeness (QED) is 0.379. The van der Waals surface area contributed by atoms with Crippen LogP contribution in [0.2, 0.25) is 0 Å². The summed E-state index contributed by atoms with van der Waals surface area (Å²) in [6.45, 7) is 2.08. The van der Waals surface area contributed by atoms with Crippen LogP contribution in [0.4, 0.5) is 10.5 Å². The van der Waals surface area contributed by atoms with Crippen molar-refractivity contribution in [2.24, 2.45) is 0 Å². The number of carbonyl (C=O) groups is 3. The molecule has 3 rings (SSSR count). The lowest BCUT2D eigenvalue weighted by atomic mass is 10.0. The Morgan fingerprint density at radius 2 is 1.53 bits per heavy atom. The van der Waals surface area contributed by atoms with E-state index >= 15 is 0 Å². The van der Waals surface area contributed by atoms with Crippen LogP contribution in [0.5, 0.6) is 5.75 Å². The fourth-order valence-electron chi connectivity index (χ4n) is 3.81. The molecule has 10 nitrogen and oxygen atoms in total. The van der Waals surface area contributed by atoms with Crippen molar-refractivity contribution < 1.29 is 32.3 Å². The Balaban J connectivity index is 1.87. The average Bonchev–Trinajstić information content (AvgIpc) is 2.93. The number of amides is 3. The van der Waals surface area contributed by atoms with Crippen molar-refractivity contribution in [3.05, 3.63) is 90.0 Å². The number of anilines is 1. The van der Waals surface area contributed by atoms with E-state index in [0.717, 1.165) is 12.7 Å². The van der Waals surface area contributed by atoms with E-state index in [2.05, 4.69) is 10.1 Å². The number of urea groups is 1. The first-order valence-electron chi connectivity index (χ1n) is 11.7. The summed E-state index contributed by atoms with van der Waals surface area (Å²) in [4.78, 5) is 39.6. The molecule has 1 atom stereocenters. The lowest BCUT2D eigenvalue weighted by Gasteiger charge is -2.27. The largest absolute Gasteiger partial charge is 0.497 e. The van der Waals surface area contributed by atoms with Gasteiger partial charge < -0.3 is 19.7 Å². The number of benzene rings is 3. The van der Waals surface area contributed by atoms with Crippen LogP contribution in [0.3, 0.4) is 0 Å². The Labute approximate surface area is 221 Å². The smallest absolute Gasteiger partial charge is 0.339 e. The van der Waals surface area contributed by atoms with Gasteiger partial charge in [0.2, 0.25) is 5.91 Å². The van der Waals surface area contributed by atoms with Crippen molar-refractivity contribution in [1.82, 2.24) is 10.0 Å². The Morgan fingerprint density at radius 3 is 2.13 bits per heavy atom. The SMILES string of the molecule is CCN(C(=O)C(Cc1ccccc1)NC(=O)NS(=O)(=O)c1ccccc1C(=O)OC)c1ccc(OC)cc1. The zero-order valence-electron chi connectivity index (χ0n) is 21.2. The van der Waals surface area contributed by atoms with E-state index in [1.807, 2.05) is 10.8 Å². The molecular weight excluding hydrogens is 510 g/mol. The van der Waals surface area contributed by atoms with Crippen LogP contribution in [0.1, 0.15) is 22.8 Å². The number of hydrogen-bond acceptors (Lipinski definition) is 7. The summed E-state index contributed by atoms with van der Waals surface area (Å²) in [6, 6.07) is 19.0. The van der Waals surface area contributed by atoms with Gasteiger partial charge >= 0.3 is 12.0 Å². The molecular formula is C27H29N3O7S. The molecule has 3 amide bonds. The molecule has 0 bridgehead atoms. The van der Waals surface area contributed by atoms with E-state index in [-0.39, 0.29) is 12.0 Å². The normalized spacial score (nSPS) is 11.7. The van der Waals surface area contributed by atoms with Gasteiger partial charge in [0.25, 0.3) is 10.0 Å². The predicted molar refractivity (Wildman–Crippen MR) is 142 cm³/mol. The van der Waals surface area contributed by atoms with Crippen LogP contribution < -0.4 is 19.7 Å². The van der Waals surface area contributed by atoms with Crippen LogP contribution in [0, 0.1) is 0 Å². The number of rotatable bonds is 10. The van der Waals surface area contributed by atoms with Gasteiger partial charge in [-0.05, 0) is 48.9 Å². The molecule has 0 aromatic heterocycles. The Hall–Kier alpha value is -4.38. The number of ether oxygens (including phenoxy) is 2. The topological polar surface area (TPSA) is 131 Å². The molecule has 0 aliphatic rings. The second-order valence-corrected chi connectivity index (χ2v) is 9.74. The fourth-order valence-corrected chi connectivity index (χ4v) is 4.92. The highest BCUT2D eigenvalue weighted by atomic mass is 32.2. The third-order valence-corrected chi connectivity index (χ3v) is 7.05. The van der Waals surface area contributed by atoms with Crippen molar-refractivity contribution in [2.75, 3.05) is 25.7 Å². The molecule has 3 aromatic carbocycles. The van der Waals surface area contributed by atoms with Gasteiger partial charge in [0, 0.05) is 18.7 Å². The van der Waals surface area contributed by atoms with Gasteiger partial charge in [-0.25, -0.2) is 22.7 Å². The lowest BCUT2D eigenvalue weighted by Crippen LogP contribution is -2.53. The summed E-state index contributed by atoms with van der Waals surface area (Å²) in [5.41, 5.74) is 1.11. The van der Waals surface area contributed by atoms with E-state index in [9.17, 15) is 22.8 Å². The summed E-state index contributed by atoms with van der Waals surface area (Å²) in [6.07, 6.45) is 0.110. The van der Waals surface area contributed by atoms with Gasteiger partial charge in [0.1, 0.15) is 16.7 Å². The standard InChI is InChI=1S/C27H29N3O7S/c1-4-30(20-14-16-21(36-2)17-15-20)25(31)23(18-19-10-6-5-7-11-19)28-27(33)29-38(34,35)24-13-9-8-12-22(24)26(32)37-3/h5-17,23H,4,18H2,1-3H3,(H2,28,29,33). The number of carbonyl (C=O) groups excluding carboxylic acids is 3. The minimum Gasteiger partial charge on any atom is -0.497 e. The molecule has 0 saturated heterocycles. The first-order chi connectivity index (χ1) is 18.2. The summed E-state index contributed by atoms with van der Waals surface area (Å²) >= 11 is 0. The molecule has 1 unspecified atom stereocenters. The molecule has 38 heavy (non-hydrogen) atoms. The molecule has 11 heteroatoms. The molecule has 3 aromatic rings. The van der Waals surface area contributed by atoms with Crippen molar-refractivity contribution in [1.29, 1.82) is 0 Å². The third-order valence-electron chi connectivity index (χ3n) is 5.66. The molecule has 2 N–H and O–H groups in total. The van der Waals surface area contributed by atoms with Crippen molar-refractivity contribution >= 4 is 33.6 Å².